The zero-order valence-corrected chi connectivity index (χ0v) is 11.0. The number of rotatable bonds is 3. The number of hydrogen-bond donors (Lipinski definition) is 0. The van der Waals surface area contributed by atoms with Gasteiger partial charge in [-0.3, -0.25) is 0 Å². The van der Waals surface area contributed by atoms with Gasteiger partial charge in [0.15, 0.2) is 0 Å². The van der Waals surface area contributed by atoms with Crippen molar-refractivity contribution in [3.8, 4) is 0 Å². The summed E-state index contributed by atoms with van der Waals surface area (Å²) in [6.07, 6.45) is 7.19. The first kappa shape index (κ1) is 11.9. The van der Waals surface area contributed by atoms with Crippen LogP contribution in [0, 0.1) is 0 Å². The highest BCUT2D eigenvalue weighted by Crippen LogP contribution is 2.48. The highest BCUT2D eigenvalue weighted by atomic mass is 14.4. The Bertz CT molecular complexity index is 503. The van der Waals surface area contributed by atoms with E-state index in [1.165, 1.54) is 22.3 Å². The molecule has 1 unspecified atom stereocenters. The molecular weight excluding hydrogens is 204 g/mol. The van der Waals surface area contributed by atoms with E-state index in [1.54, 1.807) is 0 Å². The highest BCUT2D eigenvalue weighted by Gasteiger charge is 2.36. The molecular formula is C17H20. The third kappa shape index (κ3) is 1.68. The minimum absolute atomic E-state index is 0.192. The van der Waals surface area contributed by atoms with Gasteiger partial charge in [0.25, 0.3) is 0 Å². The van der Waals surface area contributed by atoms with Gasteiger partial charge in [-0.15, -0.1) is 0 Å². The summed E-state index contributed by atoms with van der Waals surface area (Å²) >= 11 is 0. The molecule has 0 heterocycles. The van der Waals surface area contributed by atoms with E-state index in [0.717, 1.165) is 6.42 Å². The quantitative estimate of drug-likeness (QED) is 0.642. The second kappa shape index (κ2) is 4.37. The molecule has 0 bridgehead atoms. The summed E-state index contributed by atoms with van der Waals surface area (Å²) in [4.78, 5) is 0. The van der Waals surface area contributed by atoms with Crippen molar-refractivity contribution in [3.63, 3.8) is 0 Å². The van der Waals surface area contributed by atoms with Gasteiger partial charge in [0.2, 0.25) is 0 Å². The lowest BCUT2D eigenvalue weighted by Crippen LogP contribution is -2.19. The van der Waals surface area contributed by atoms with Crippen LogP contribution in [0.15, 0.2) is 54.6 Å². The van der Waals surface area contributed by atoms with Crippen molar-refractivity contribution in [2.24, 2.45) is 0 Å². The lowest BCUT2D eigenvalue weighted by Gasteiger charge is -2.26. The third-order valence-corrected chi connectivity index (χ3v) is 4.15. The Labute approximate surface area is 104 Å². The summed E-state index contributed by atoms with van der Waals surface area (Å²) in [5.41, 5.74) is 5.87. The first-order valence-corrected chi connectivity index (χ1v) is 6.25. The maximum atomic E-state index is 3.75. The van der Waals surface area contributed by atoms with Crippen LogP contribution in [0.3, 0.4) is 0 Å². The normalized spacial score (nSPS) is 23.2. The molecule has 1 aliphatic rings. The number of allylic oxidation sites excluding steroid dienone is 5. The average molecular weight is 224 g/mol. The summed E-state index contributed by atoms with van der Waals surface area (Å²) in [7, 11) is 0. The van der Waals surface area contributed by atoms with Crippen molar-refractivity contribution in [1.29, 1.82) is 0 Å². The minimum Gasteiger partial charge on any atom is -0.0991 e. The number of hydrogen-bond acceptors (Lipinski definition) is 0. The van der Waals surface area contributed by atoms with Crippen molar-refractivity contribution in [2.75, 3.05) is 0 Å². The van der Waals surface area contributed by atoms with E-state index >= 15 is 0 Å². The Kier molecular flexibility index (Phi) is 3.06. The number of benzene rings is 1. The van der Waals surface area contributed by atoms with Gasteiger partial charge in [0.1, 0.15) is 0 Å². The van der Waals surface area contributed by atoms with Crippen LogP contribution in [-0.4, -0.2) is 0 Å². The van der Waals surface area contributed by atoms with Gasteiger partial charge in [0, 0.05) is 5.41 Å². The van der Waals surface area contributed by atoms with Crippen LogP contribution < -0.4 is 0 Å². The van der Waals surface area contributed by atoms with Gasteiger partial charge in [-0.05, 0) is 30.0 Å². The summed E-state index contributed by atoms with van der Waals surface area (Å²) in [6, 6.07) is 8.75. The molecule has 0 N–H and O–H groups in total. The molecule has 1 aliphatic carbocycles. The van der Waals surface area contributed by atoms with Crippen LogP contribution in [0.1, 0.15) is 38.3 Å². The zero-order valence-electron chi connectivity index (χ0n) is 11.0. The van der Waals surface area contributed by atoms with Gasteiger partial charge in [-0.25, -0.2) is 0 Å². The molecule has 0 saturated carbocycles. The fourth-order valence-corrected chi connectivity index (χ4v) is 2.74. The summed E-state index contributed by atoms with van der Waals surface area (Å²) < 4.78 is 0. The van der Waals surface area contributed by atoms with Crippen molar-refractivity contribution in [2.45, 2.75) is 32.6 Å². The molecule has 0 radical (unpaired) electrons. The van der Waals surface area contributed by atoms with Gasteiger partial charge in [-0.1, -0.05) is 68.5 Å². The molecule has 0 saturated heterocycles. The van der Waals surface area contributed by atoms with E-state index in [4.69, 9.17) is 0 Å². The van der Waals surface area contributed by atoms with Crippen LogP contribution >= 0.6 is 0 Å². The maximum absolute atomic E-state index is 3.75. The van der Waals surface area contributed by atoms with E-state index in [0.29, 0.717) is 0 Å². The molecule has 1 aromatic rings. The Hall–Kier alpha value is -1.56. The molecule has 0 nitrogen and oxygen atoms in total. The van der Waals surface area contributed by atoms with Gasteiger partial charge in [0.05, 0.1) is 0 Å². The van der Waals surface area contributed by atoms with Crippen molar-refractivity contribution < 1.29 is 0 Å². The lowest BCUT2D eigenvalue weighted by atomic mass is 9.77. The van der Waals surface area contributed by atoms with Crippen molar-refractivity contribution in [3.05, 3.63) is 65.8 Å². The van der Waals surface area contributed by atoms with E-state index in [-0.39, 0.29) is 5.41 Å². The van der Waals surface area contributed by atoms with Crippen LogP contribution in [0.2, 0.25) is 0 Å². The van der Waals surface area contributed by atoms with Gasteiger partial charge in [-0.2, -0.15) is 0 Å². The molecule has 17 heavy (non-hydrogen) atoms. The SMILES string of the molecule is C=C/C=C\C1=C(C)C(C)(CC)c2ccccc21. The summed E-state index contributed by atoms with van der Waals surface area (Å²) in [5, 5.41) is 0. The summed E-state index contributed by atoms with van der Waals surface area (Å²) in [5.74, 6) is 0. The average Bonchev–Trinajstić information content (AvgIpc) is 2.58. The second-order valence-corrected chi connectivity index (χ2v) is 4.86. The van der Waals surface area contributed by atoms with Crippen molar-refractivity contribution in [1.82, 2.24) is 0 Å². The standard InChI is InChI=1S/C17H20/c1-5-7-10-14-13(3)17(4,6-2)16-12-9-8-11-15(14)16/h5,7-12H,1,6H2,2-4H3/b10-7-. The predicted octanol–water partition coefficient (Wildman–Crippen LogP) is 4.88. The molecule has 88 valence electrons. The molecule has 0 fully saturated rings. The van der Waals surface area contributed by atoms with E-state index < -0.39 is 0 Å². The largest absolute Gasteiger partial charge is 0.0991 e. The maximum Gasteiger partial charge on any atom is 0.0143 e. The van der Waals surface area contributed by atoms with Crippen LogP contribution in [0.25, 0.3) is 5.57 Å². The zero-order chi connectivity index (χ0) is 12.5. The monoisotopic (exact) mass is 224 g/mol. The third-order valence-electron chi connectivity index (χ3n) is 4.15. The molecule has 0 spiro atoms. The van der Waals surface area contributed by atoms with Crippen LogP contribution in [0.4, 0.5) is 0 Å². The molecule has 1 aromatic carbocycles. The Morgan fingerprint density at radius 1 is 1.29 bits per heavy atom. The first-order valence-electron chi connectivity index (χ1n) is 6.25. The minimum atomic E-state index is 0.192. The van der Waals surface area contributed by atoms with E-state index in [1.807, 2.05) is 12.2 Å². The summed E-state index contributed by atoms with van der Waals surface area (Å²) in [6.45, 7) is 10.6. The lowest BCUT2D eigenvalue weighted by molar-refractivity contribution is 0.548. The van der Waals surface area contributed by atoms with Gasteiger partial charge < -0.3 is 0 Å². The molecule has 0 amide bonds. The molecule has 0 aliphatic heterocycles. The number of fused-ring (bicyclic) bond motifs is 1. The predicted molar refractivity (Wildman–Crippen MR) is 76.0 cm³/mol. The smallest absolute Gasteiger partial charge is 0.0143 e. The van der Waals surface area contributed by atoms with Crippen LogP contribution in [0.5, 0.6) is 0 Å². The van der Waals surface area contributed by atoms with Gasteiger partial charge >= 0.3 is 0 Å². The second-order valence-electron chi connectivity index (χ2n) is 4.86. The van der Waals surface area contributed by atoms with Crippen molar-refractivity contribution >= 4 is 5.57 Å². The Balaban J connectivity index is 2.65. The molecule has 0 heteroatoms. The fraction of sp³-hybridized carbons (Fsp3) is 0.294. The molecule has 2 rings (SSSR count). The topological polar surface area (TPSA) is 0 Å². The van der Waals surface area contributed by atoms with E-state index in [2.05, 4.69) is 57.7 Å². The highest BCUT2D eigenvalue weighted by molar-refractivity contribution is 5.85. The Morgan fingerprint density at radius 2 is 2.00 bits per heavy atom. The fourth-order valence-electron chi connectivity index (χ4n) is 2.74. The molecule has 1 atom stereocenters. The first-order chi connectivity index (χ1) is 8.15. The van der Waals surface area contributed by atoms with Crippen LogP contribution in [-0.2, 0) is 5.41 Å². The van der Waals surface area contributed by atoms with E-state index in [9.17, 15) is 0 Å². The molecule has 0 aromatic heterocycles. The Morgan fingerprint density at radius 3 is 2.65 bits per heavy atom.